The Hall–Kier alpha value is -4.69. The van der Waals surface area contributed by atoms with Crippen LogP contribution in [0.2, 0.25) is 0 Å². The van der Waals surface area contributed by atoms with E-state index in [-0.39, 0.29) is 0 Å². The highest BCUT2D eigenvalue weighted by Crippen LogP contribution is 2.36. The molecule has 14 heteroatoms. The molecule has 0 atom stereocenters. The van der Waals surface area contributed by atoms with E-state index in [4.69, 9.17) is 20.0 Å². The zero-order valence-corrected chi connectivity index (χ0v) is 21.4. The lowest BCUT2D eigenvalue weighted by Crippen LogP contribution is -2.36. The highest BCUT2D eigenvalue weighted by Gasteiger charge is 2.20. The third kappa shape index (κ3) is 7.03. The molecule has 210 valence electrons. The SMILES string of the molecule is COc1cc(-c2cc(CN3CCOCC3)n3ncnc(N)c23)ccc1NC(=O)Nc1cccc(F)c1.O=C(F)F. The number of methoxy groups -OCH3 is 1. The normalized spacial score (nSPS) is 13.3. The predicted molar refractivity (Wildman–Crippen MR) is 142 cm³/mol. The number of nitrogens with one attached hydrogen (secondary N) is 2. The number of anilines is 3. The smallest absolute Gasteiger partial charge is 0.483 e. The minimum absolute atomic E-state index is 0.339. The van der Waals surface area contributed by atoms with Gasteiger partial charge in [-0.1, -0.05) is 12.1 Å². The topological polar surface area (TPSA) is 136 Å². The molecule has 0 radical (unpaired) electrons. The van der Waals surface area contributed by atoms with Crippen molar-refractivity contribution < 1.29 is 32.2 Å². The van der Waals surface area contributed by atoms with Crippen molar-refractivity contribution in [1.29, 1.82) is 0 Å². The Morgan fingerprint density at radius 3 is 2.55 bits per heavy atom. The molecule has 0 spiro atoms. The summed E-state index contributed by atoms with van der Waals surface area (Å²) in [5.74, 6) is 0.376. The summed E-state index contributed by atoms with van der Waals surface area (Å²) in [5.41, 5.74) is 10.4. The van der Waals surface area contributed by atoms with E-state index in [1.807, 2.05) is 22.7 Å². The Morgan fingerprint density at radius 1 is 1.10 bits per heavy atom. The zero-order chi connectivity index (χ0) is 28.6. The number of carbonyl (C=O) groups is 2. The van der Waals surface area contributed by atoms with Gasteiger partial charge >= 0.3 is 12.3 Å². The number of halogens is 3. The summed E-state index contributed by atoms with van der Waals surface area (Å²) in [6.07, 6.45) is -1.39. The molecule has 0 aliphatic carbocycles. The third-order valence-electron chi connectivity index (χ3n) is 5.99. The van der Waals surface area contributed by atoms with Gasteiger partial charge < -0.3 is 25.8 Å². The summed E-state index contributed by atoms with van der Waals surface area (Å²) in [5, 5.41) is 9.80. The number of nitrogen functional groups attached to an aromatic ring is 1. The van der Waals surface area contributed by atoms with Crippen LogP contribution in [0, 0.1) is 5.82 Å². The number of urea groups is 1. The minimum atomic E-state index is -2.83. The van der Waals surface area contributed by atoms with Crippen molar-refractivity contribution in [2.24, 2.45) is 0 Å². The van der Waals surface area contributed by atoms with Crippen LogP contribution in [-0.4, -0.2) is 65.2 Å². The second-order valence-corrected chi connectivity index (χ2v) is 8.57. The molecular formula is C26H26F3N7O4. The molecule has 5 rings (SSSR count). The van der Waals surface area contributed by atoms with Crippen molar-refractivity contribution in [2.45, 2.75) is 6.54 Å². The largest absolute Gasteiger partial charge is 0.495 e. The zero-order valence-electron chi connectivity index (χ0n) is 21.4. The van der Waals surface area contributed by atoms with E-state index in [1.54, 1.807) is 12.1 Å². The Bertz CT molecular complexity index is 1510. The lowest BCUT2D eigenvalue weighted by Gasteiger charge is -2.26. The van der Waals surface area contributed by atoms with Crippen LogP contribution in [0.5, 0.6) is 5.75 Å². The average molecular weight is 558 g/mol. The Kier molecular flexibility index (Phi) is 9.14. The van der Waals surface area contributed by atoms with Gasteiger partial charge in [-0.2, -0.15) is 5.10 Å². The maximum absolute atomic E-state index is 13.4. The summed E-state index contributed by atoms with van der Waals surface area (Å²) in [4.78, 5) is 27.1. The number of aromatic nitrogens is 3. The molecule has 3 heterocycles. The Labute approximate surface area is 226 Å². The monoisotopic (exact) mass is 557 g/mol. The number of nitrogens with two attached hydrogens (primary N) is 1. The maximum atomic E-state index is 13.4. The lowest BCUT2D eigenvalue weighted by molar-refractivity contribution is 0.0334. The molecule has 0 unspecified atom stereocenters. The van der Waals surface area contributed by atoms with Gasteiger partial charge in [0.1, 0.15) is 23.4 Å². The fourth-order valence-electron chi connectivity index (χ4n) is 4.27. The van der Waals surface area contributed by atoms with Gasteiger partial charge in [0.15, 0.2) is 5.82 Å². The van der Waals surface area contributed by atoms with Crippen LogP contribution in [0.25, 0.3) is 16.6 Å². The summed E-state index contributed by atoms with van der Waals surface area (Å²) in [6.45, 7) is 3.78. The maximum Gasteiger partial charge on any atom is 0.483 e. The number of rotatable bonds is 6. The van der Waals surface area contributed by atoms with Gasteiger partial charge in [0.05, 0.1) is 31.7 Å². The van der Waals surface area contributed by atoms with Gasteiger partial charge in [0.2, 0.25) is 0 Å². The van der Waals surface area contributed by atoms with Gasteiger partial charge in [-0.25, -0.2) is 23.5 Å². The van der Waals surface area contributed by atoms with E-state index in [0.717, 1.165) is 29.9 Å². The average Bonchev–Trinajstić information content (AvgIpc) is 3.28. The van der Waals surface area contributed by atoms with Crippen LogP contribution in [0.4, 0.5) is 40.0 Å². The van der Waals surface area contributed by atoms with Gasteiger partial charge in [-0.3, -0.25) is 4.90 Å². The van der Waals surface area contributed by atoms with Crippen LogP contribution in [0.15, 0.2) is 54.9 Å². The quantitative estimate of drug-likeness (QED) is 0.292. The van der Waals surface area contributed by atoms with Crippen LogP contribution in [0.1, 0.15) is 5.69 Å². The van der Waals surface area contributed by atoms with Gasteiger partial charge in [0.25, 0.3) is 0 Å². The van der Waals surface area contributed by atoms with Gasteiger partial charge in [-0.15, -0.1) is 8.78 Å². The molecular weight excluding hydrogens is 531 g/mol. The molecule has 1 aliphatic heterocycles. The van der Waals surface area contributed by atoms with Crippen LogP contribution in [-0.2, 0) is 11.3 Å². The van der Waals surface area contributed by atoms with E-state index >= 15 is 0 Å². The molecule has 2 aromatic heterocycles. The lowest BCUT2D eigenvalue weighted by atomic mass is 10.1. The highest BCUT2D eigenvalue weighted by atomic mass is 19.3. The van der Waals surface area contributed by atoms with E-state index in [2.05, 4.69) is 25.6 Å². The van der Waals surface area contributed by atoms with Crippen LogP contribution < -0.4 is 21.1 Å². The number of ether oxygens (including phenoxy) is 2. The van der Waals surface area contributed by atoms with E-state index in [1.165, 1.54) is 31.6 Å². The van der Waals surface area contributed by atoms with Crippen LogP contribution in [0.3, 0.4) is 0 Å². The first-order chi connectivity index (χ1) is 19.2. The van der Waals surface area contributed by atoms with Crippen LogP contribution >= 0.6 is 0 Å². The second kappa shape index (κ2) is 12.9. The van der Waals surface area contributed by atoms with Crippen molar-refractivity contribution in [3.63, 3.8) is 0 Å². The minimum Gasteiger partial charge on any atom is -0.495 e. The first-order valence-electron chi connectivity index (χ1n) is 12.0. The summed E-state index contributed by atoms with van der Waals surface area (Å²) in [6, 6.07) is 12.6. The summed E-state index contributed by atoms with van der Waals surface area (Å²) < 4.78 is 45.6. The molecule has 2 aromatic carbocycles. The third-order valence-corrected chi connectivity index (χ3v) is 5.99. The van der Waals surface area contributed by atoms with Gasteiger partial charge in [0, 0.05) is 30.9 Å². The van der Waals surface area contributed by atoms with Crippen molar-refractivity contribution in [3.8, 4) is 16.9 Å². The molecule has 2 amide bonds. The molecule has 4 aromatic rings. The van der Waals surface area contributed by atoms with E-state index < -0.39 is 18.1 Å². The number of carbonyl (C=O) groups excluding carboxylic acids is 2. The van der Waals surface area contributed by atoms with Crippen molar-refractivity contribution in [1.82, 2.24) is 19.5 Å². The number of nitrogens with zero attached hydrogens (tertiary/aromatic N) is 4. The molecule has 1 fully saturated rings. The van der Waals surface area contributed by atoms with Crippen molar-refractivity contribution in [2.75, 3.05) is 49.8 Å². The number of hydrogen-bond acceptors (Lipinski definition) is 8. The Balaban J connectivity index is 0.000000867. The molecule has 40 heavy (non-hydrogen) atoms. The molecule has 0 bridgehead atoms. The first-order valence-corrected chi connectivity index (χ1v) is 12.0. The molecule has 0 saturated carbocycles. The summed E-state index contributed by atoms with van der Waals surface area (Å²) in [7, 11) is 1.52. The van der Waals surface area contributed by atoms with Crippen molar-refractivity contribution in [3.05, 3.63) is 66.4 Å². The molecule has 1 saturated heterocycles. The van der Waals surface area contributed by atoms with E-state index in [9.17, 15) is 18.0 Å². The highest BCUT2D eigenvalue weighted by molar-refractivity contribution is 6.01. The number of hydrogen-bond donors (Lipinski definition) is 3. The standard InChI is InChI=1S/C25H26FN7O3.CF2O/c1-35-22-11-16(5-6-21(22)31-25(34)30-18-4-2-3-17(26)12-18)20-13-19(14-32-7-9-36-10-8-32)33-23(20)24(27)28-15-29-33;2-1(3)4/h2-6,11-13,15H,7-10,14H2,1H3,(H2,27,28,29)(H2,30,31,34);. The number of morpholine rings is 1. The molecule has 11 nitrogen and oxygen atoms in total. The second-order valence-electron chi connectivity index (χ2n) is 8.57. The number of benzene rings is 2. The summed E-state index contributed by atoms with van der Waals surface area (Å²) >= 11 is 0. The number of fused-ring (bicyclic) bond motifs is 1. The fourth-order valence-corrected chi connectivity index (χ4v) is 4.27. The predicted octanol–water partition coefficient (Wildman–Crippen LogP) is 4.65. The van der Waals surface area contributed by atoms with Crippen molar-refractivity contribution >= 4 is 35.0 Å². The van der Waals surface area contributed by atoms with E-state index in [0.29, 0.717) is 48.2 Å². The molecule has 1 aliphatic rings. The fraction of sp³-hybridized carbons (Fsp3) is 0.231. The molecule has 4 N–H and O–H groups in total. The first kappa shape index (κ1) is 28.3. The van der Waals surface area contributed by atoms with Gasteiger partial charge in [-0.05, 0) is 42.0 Å². The number of amides is 2. The Morgan fingerprint density at radius 2 is 1.85 bits per heavy atom.